The van der Waals surface area contributed by atoms with Gasteiger partial charge in [-0.3, -0.25) is 0 Å². The minimum atomic E-state index is 0.359. The van der Waals surface area contributed by atoms with Crippen LogP contribution in [0.25, 0.3) is 0 Å². The van der Waals surface area contributed by atoms with Gasteiger partial charge in [-0.25, -0.2) is 0 Å². The third kappa shape index (κ3) is 6.04. The molecule has 0 saturated carbocycles. The zero-order chi connectivity index (χ0) is 14.8. The average Bonchev–Trinajstić information content (AvgIpc) is 2.53. The van der Waals surface area contributed by atoms with E-state index >= 15 is 0 Å². The van der Waals surface area contributed by atoms with Gasteiger partial charge in [0, 0.05) is 10.0 Å². The molecule has 0 unspecified atom stereocenters. The molecular formula is C19H13BrO. The summed E-state index contributed by atoms with van der Waals surface area (Å²) in [6, 6.07) is 17.5. The summed E-state index contributed by atoms with van der Waals surface area (Å²) in [6.45, 7) is 0.359. The second-order valence-corrected chi connectivity index (χ2v) is 4.95. The monoisotopic (exact) mass is 336 g/mol. The zero-order valence-corrected chi connectivity index (χ0v) is 12.9. The van der Waals surface area contributed by atoms with Gasteiger partial charge in [0.1, 0.15) is 12.4 Å². The number of allylic oxidation sites excluding steroid dienone is 2. The second-order valence-electron chi connectivity index (χ2n) is 4.03. The Hall–Kier alpha value is -2.42. The first-order valence-electron chi connectivity index (χ1n) is 6.43. The van der Waals surface area contributed by atoms with Crippen LogP contribution < -0.4 is 4.74 Å². The third-order valence-electron chi connectivity index (χ3n) is 2.47. The fourth-order valence-corrected chi connectivity index (χ4v) is 1.74. The largest absolute Gasteiger partial charge is 0.481 e. The Kier molecular flexibility index (Phi) is 6.20. The van der Waals surface area contributed by atoms with Gasteiger partial charge in [-0.15, -0.1) is 0 Å². The summed E-state index contributed by atoms with van der Waals surface area (Å²) < 4.78 is 6.50. The van der Waals surface area contributed by atoms with E-state index in [1.165, 1.54) is 0 Å². The van der Waals surface area contributed by atoms with Crippen LogP contribution >= 0.6 is 15.9 Å². The van der Waals surface area contributed by atoms with E-state index in [9.17, 15) is 0 Å². The number of benzene rings is 2. The number of halogens is 1. The molecule has 0 N–H and O–H groups in total. The topological polar surface area (TPSA) is 9.23 Å². The molecule has 0 fully saturated rings. The van der Waals surface area contributed by atoms with Crippen molar-refractivity contribution in [1.29, 1.82) is 0 Å². The SMILES string of the molecule is Brc1ccc(OCC#C/C=C\C#Cc2ccccc2)cc1. The highest BCUT2D eigenvalue weighted by Crippen LogP contribution is 2.15. The van der Waals surface area contributed by atoms with E-state index in [1.807, 2.05) is 54.6 Å². The molecule has 0 aromatic heterocycles. The van der Waals surface area contributed by atoms with Crippen LogP contribution in [0.2, 0.25) is 0 Å². The predicted octanol–water partition coefficient (Wildman–Crippen LogP) is 4.44. The number of ether oxygens (including phenoxy) is 1. The van der Waals surface area contributed by atoms with E-state index in [0.717, 1.165) is 15.8 Å². The minimum absolute atomic E-state index is 0.359. The van der Waals surface area contributed by atoms with Gasteiger partial charge in [-0.05, 0) is 48.6 Å². The molecule has 0 saturated heterocycles. The molecule has 2 aromatic rings. The van der Waals surface area contributed by atoms with Crippen LogP contribution in [-0.4, -0.2) is 6.61 Å². The second kappa shape index (κ2) is 8.69. The molecule has 0 radical (unpaired) electrons. The molecule has 2 heteroatoms. The zero-order valence-electron chi connectivity index (χ0n) is 11.3. The van der Waals surface area contributed by atoms with Gasteiger partial charge in [-0.1, -0.05) is 57.8 Å². The Morgan fingerprint density at radius 3 is 2.38 bits per heavy atom. The van der Waals surface area contributed by atoms with E-state index in [1.54, 1.807) is 12.2 Å². The first-order valence-corrected chi connectivity index (χ1v) is 7.22. The Morgan fingerprint density at radius 1 is 0.905 bits per heavy atom. The molecule has 21 heavy (non-hydrogen) atoms. The van der Waals surface area contributed by atoms with E-state index in [-0.39, 0.29) is 0 Å². The van der Waals surface area contributed by atoms with Crippen molar-refractivity contribution in [2.45, 2.75) is 0 Å². The lowest BCUT2D eigenvalue weighted by atomic mass is 10.2. The van der Waals surface area contributed by atoms with Gasteiger partial charge in [0.05, 0.1) is 0 Å². The van der Waals surface area contributed by atoms with Crippen molar-refractivity contribution < 1.29 is 4.74 Å². The van der Waals surface area contributed by atoms with E-state index < -0.39 is 0 Å². The van der Waals surface area contributed by atoms with Crippen LogP contribution in [0.3, 0.4) is 0 Å². The van der Waals surface area contributed by atoms with Crippen LogP contribution in [0.5, 0.6) is 5.75 Å². The summed E-state index contributed by atoms with van der Waals surface area (Å²) in [6.07, 6.45) is 3.46. The molecule has 0 aliphatic heterocycles. The molecule has 0 spiro atoms. The highest BCUT2D eigenvalue weighted by molar-refractivity contribution is 9.10. The molecule has 0 heterocycles. The highest BCUT2D eigenvalue weighted by atomic mass is 79.9. The van der Waals surface area contributed by atoms with Crippen LogP contribution in [0.15, 0.2) is 71.2 Å². The summed E-state index contributed by atoms with van der Waals surface area (Å²) in [5.41, 5.74) is 0.994. The number of hydrogen-bond acceptors (Lipinski definition) is 1. The predicted molar refractivity (Wildman–Crippen MR) is 89.9 cm³/mol. The molecular weight excluding hydrogens is 324 g/mol. The van der Waals surface area contributed by atoms with Gasteiger partial charge in [0.2, 0.25) is 0 Å². The van der Waals surface area contributed by atoms with Gasteiger partial charge < -0.3 is 4.74 Å². The summed E-state index contributed by atoms with van der Waals surface area (Å²) in [7, 11) is 0. The Labute approximate surface area is 133 Å². The van der Waals surface area contributed by atoms with Crippen LogP contribution in [0, 0.1) is 23.7 Å². The number of rotatable bonds is 2. The van der Waals surface area contributed by atoms with Crippen molar-refractivity contribution in [2.75, 3.05) is 6.61 Å². The molecule has 0 atom stereocenters. The maximum atomic E-state index is 5.47. The van der Waals surface area contributed by atoms with Crippen LogP contribution in [-0.2, 0) is 0 Å². The lowest BCUT2D eigenvalue weighted by Crippen LogP contribution is -1.92. The van der Waals surface area contributed by atoms with Crippen LogP contribution in [0.4, 0.5) is 0 Å². The Morgan fingerprint density at radius 2 is 1.62 bits per heavy atom. The van der Waals surface area contributed by atoms with Gasteiger partial charge in [0.25, 0.3) is 0 Å². The molecule has 102 valence electrons. The lowest BCUT2D eigenvalue weighted by Gasteiger charge is -2.00. The van der Waals surface area contributed by atoms with Gasteiger partial charge in [-0.2, -0.15) is 0 Å². The van der Waals surface area contributed by atoms with Crippen molar-refractivity contribution in [3.05, 3.63) is 76.8 Å². The summed E-state index contributed by atoms with van der Waals surface area (Å²) in [4.78, 5) is 0. The van der Waals surface area contributed by atoms with Crippen molar-refractivity contribution in [3.63, 3.8) is 0 Å². The van der Waals surface area contributed by atoms with Crippen molar-refractivity contribution in [2.24, 2.45) is 0 Å². The van der Waals surface area contributed by atoms with E-state index in [4.69, 9.17) is 4.74 Å². The molecule has 0 aliphatic rings. The molecule has 0 amide bonds. The summed E-state index contributed by atoms with van der Waals surface area (Å²) >= 11 is 3.37. The maximum absolute atomic E-state index is 5.47. The number of hydrogen-bond donors (Lipinski definition) is 0. The van der Waals surface area contributed by atoms with Crippen LogP contribution in [0.1, 0.15) is 5.56 Å². The maximum Gasteiger partial charge on any atom is 0.149 e. The first kappa shape index (κ1) is 15.0. The smallest absolute Gasteiger partial charge is 0.149 e. The van der Waals surface area contributed by atoms with Gasteiger partial charge in [0.15, 0.2) is 0 Å². The molecule has 2 aromatic carbocycles. The molecule has 2 rings (SSSR count). The van der Waals surface area contributed by atoms with E-state index in [2.05, 4.69) is 39.6 Å². The molecule has 0 aliphatic carbocycles. The summed E-state index contributed by atoms with van der Waals surface area (Å²) in [5, 5.41) is 0. The van der Waals surface area contributed by atoms with Crippen molar-refractivity contribution in [3.8, 4) is 29.4 Å². The fraction of sp³-hybridized carbons (Fsp3) is 0.0526. The third-order valence-corrected chi connectivity index (χ3v) is 3.00. The lowest BCUT2D eigenvalue weighted by molar-refractivity contribution is 0.370. The van der Waals surface area contributed by atoms with E-state index in [0.29, 0.717) is 6.61 Å². The fourth-order valence-electron chi connectivity index (χ4n) is 1.48. The first-order chi connectivity index (χ1) is 10.3. The Bertz CT molecular complexity index is 707. The summed E-state index contributed by atoms with van der Waals surface area (Å²) in [5.74, 6) is 12.6. The molecule has 1 nitrogen and oxygen atoms in total. The van der Waals surface area contributed by atoms with Crippen molar-refractivity contribution in [1.82, 2.24) is 0 Å². The molecule has 0 bridgehead atoms. The minimum Gasteiger partial charge on any atom is -0.481 e. The van der Waals surface area contributed by atoms with Gasteiger partial charge >= 0.3 is 0 Å². The normalized spacial score (nSPS) is 9.38. The highest BCUT2D eigenvalue weighted by Gasteiger charge is 1.90. The Balaban J connectivity index is 1.75. The van der Waals surface area contributed by atoms with Crippen molar-refractivity contribution >= 4 is 15.9 Å². The standard InChI is InChI=1S/C19H13BrO/c20-18-12-14-19(15-13-18)21-16-8-3-1-2-5-9-17-10-6-4-7-11-17/h1-2,4,6-7,10-15H,16H2/b2-1-. The average molecular weight is 337 g/mol. The quantitative estimate of drug-likeness (QED) is 0.736.